The molecule has 3 atom stereocenters. The van der Waals surface area contributed by atoms with Crippen LogP contribution in [0.15, 0.2) is 16.5 Å². The topological polar surface area (TPSA) is 74.5 Å². The second-order valence-electron chi connectivity index (χ2n) is 6.48. The second kappa shape index (κ2) is 6.52. The Morgan fingerprint density at radius 2 is 2.24 bits per heavy atom. The van der Waals surface area contributed by atoms with Gasteiger partial charge in [-0.2, -0.15) is 0 Å². The molecule has 3 N–H and O–H groups in total. The highest BCUT2D eigenvalue weighted by molar-refractivity contribution is 5.74. The number of hydrogen-bond acceptors (Lipinski definition) is 3. The summed E-state index contributed by atoms with van der Waals surface area (Å²) in [6.45, 7) is 5.79. The first-order valence-electron chi connectivity index (χ1n) is 7.70. The molecule has 1 saturated carbocycles. The van der Waals surface area contributed by atoms with Crippen molar-refractivity contribution in [3.8, 4) is 0 Å². The minimum absolute atomic E-state index is 0.119. The Balaban J connectivity index is 1.80. The molecule has 118 valence electrons. The average Bonchev–Trinajstić information content (AvgIpc) is 2.84. The molecular weight excluding hydrogens is 268 g/mol. The van der Waals surface area contributed by atoms with E-state index in [1.165, 1.54) is 6.42 Å². The molecule has 1 aromatic heterocycles. The number of furan rings is 1. The van der Waals surface area contributed by atoms with E-state index in [2.05, 4.69) is 17.6 Å². The van der Waals surface area contributed by atoms with E-state index in [9.17, 15) is 9.90 Å². The summed E-state index contributed by atoms with van der Waals surface area (Å²) in [7, 11) is 0. The number of aryl methyl sites for hydroxylation is 1. The lowest BCUT2D eigenvalue weighted by Gasteiger charge is -2.28. The monoisotopic (exact) mass is 294 g/mol. The van der Waals surface area contributed by atoms with Gasteiger partial charge in [-0.15, -0.1) is 0 Å². The molecule has 2 amide bonds. The summed E-state index contributed by atoms with van der Waals surface area (Å²) in [6, 6.07) is 3.55. The van der Waals surface area contributed by atoms with Gasteiger partial charge in [-0.05, 0) is 44.7 Å². The Morgan fingerprint density at radius 3 is 2.86 bits per heavy atom. The number of carbonyl (C=O) groups excluding carboxylic acids is 1. The van der Waals surface area contributed by atoms with E-state index in [0.29, 0.717) is 11.7 Å². The number of carbonyl (C=O) groups is 1. The Bertz CT molecular complexity index is 482. The largest absolute Gasteiger partial charge is 0.463 e. The maximum atomic E-state index is 11.9. The summed E-state index contributed by atoms with van der Waals surface area (Å²) >= 11 is 0. The third-order valence-electron chi connectivity index (χ3n) is 4.14. The molecule has 5 nitrogen and oxygen atoms in total. The van der Waals surface area contributed by atoms with Crippen molar-refractivity contribution in [2.45, 2.75) is 58.1 Å². The number of amides is 2. The smallest absolute Gasteiger partial charge is 0.315 e. The van der Waals surface area contributed by atoms with Gasteiger partial charge in [0.25, 0.3) is 0 Å². The van der Waals surface area contributed by atoms with Gasteiger partial charge in [-0.1, -0.05) is 19.8 Å². The Hall–Kier alpha value is -1.49. The number of nitrogens with one attached hydrogen (secondary N) is 2. The summed E-state index contributed by atoms with van der Waals surface area (Å²) in [5.74, 6) is 1.87. The average molecular weight is 294 g/mol. The van der Waals surface area contributed by atoms with E-state index in [0.717, 1.165) is 25.0 Å². The van der Waals surface area contributed by atoms with Crippen molar-refractivity contribution in [3.05, 3.63) is 23.7 Å². The van der Waals surface area contributed by atoms with Crippen LogP contribution in [0, 0.1) is 12.8 Å². The molecular formula is C16H26N2O3. The first-order valence-corrected chi connectivity index (χ1v) is 7.70. The summed E-state index contributed by atoms with van der Waals surface area (Å²) < 4.78 is 5.42. The summed E-state index contributed by atoms with van der Waals surface area (Å²) in [5, 5.41) is 16.1. The predicted octanol–water partition coefficient (Wildman–Crippen LogP) is 2.67. The molecule has 5 heteroatoms. The first-order chi connectivity index (χ1) is 9.87. The van der Waals surface area contributed by atoms with E-state index < -0.39 is 5.60 Å². The summed E-state index contributed by atoms with van der Waals surface area (Å²) in [4.78, 5) is 11.9. The molecule has 1 aliphatic rings. The molecule has 0 bridgehead atoms. The molecule has 1 aromatic rings. The lowest BCUT2D eigenvalue weighted by molar-refractivity contribution is 0.0358. The maximum Gasteiger partial charge on any atom is 0.315 e. The van der Waals surface area contributed by atoms with Crippen LogP contribution >= 0.6 is 0 Å². The molecule has 1 fully saturated rings. The molecule has 0 spiro atoms. The standard InChI is InChI=1S/C16H26N2O3/c1-11-5-4-6-13(9-11)18-15(19)17-10-16(3,20)14-8-7-12(2)21-14/h7-8,11,13,20H,4-6,9-10H2,1-3H3,(H2,17,18,19). The van der Waals surface area contributed by atoms with Crippen LogP contribution in [0.3, 0.4) is 0 Å². The normalized spacial score (nSPS) is 25.1. The van der Waals surface area contributed by atoms with Crippen molar-refractivity contribution >= 4 is 6.03 Å². The zero-order valence-electron chi connectivity index (χ0n) is 13.1. The molecule has 0 aliphatic heterocycles. The molecule has 21 heavy (non-hydrogen) atoms. The highest BCUT2D eigenvalue weighted by Crippen LogP contribution is 2.24. The van der Waals surface area contributed by atoms with E-state index >= 15 is 0 Å². The first kappa shape index (κ1) is 15.9. The van der Waals surface area contributed by atoms with Crippen LogP contribution in [0.1, 0.15) is 51.1 Å². The molecule has 0 aromatic carbocycles. The summed E-state index contributed by atoms with van der Waals surface area (Å²) in [6.07, 6.45) is 4.47. The van der Waals surface area contributed by atoms with E-state index in [-0.39, 0.29) is 18.6 Å². The van der Waals surface area contributed by atoms with Crippen LogP contribution < -0.4 is 10.6 Å². The maximum absolute atomic E-state index is 11.9. The zero-order chi connectivity index (χ0) is 15.5. The van der Waals surface area contributed by atoms with E-state index in [4.69, 9.17) is 4.42 Å². The van der Waals surface area contributed by atoms with Crippen molar-refractivity contribution in [1.82, 2.24) is 10.6 Å². The number of rotatable bonds is 4. The number of aliphatic hydroxyl groups is 1. The third kappa shape index (κ3) is 4.49. The number of hydrogen-bond donors (Lipinski definition) is 3. The quantitative estimate of drug-likeness (QED) is 0.799. The van der Waals surface area contributed by atoms with Crippen LogP contribution in [-0.4, -0.2) is 23.7 Å². The molecule has 1 aliphatic carbocycles. The van der Waals surface area contributed by atoms with E-state index in [1.807, 2.05) is 6.92 Å². The van der Waals surface area contributed by atoms with Crippen molar-refractivity contribution in [3.63, 3.8) is 0 Å². The number of urea groups is 1. The molecule has 2 rings (SSSR count). The molecule has 1 heterocycles. The minimum atomic E-state index is -1.20. The van der Waals surface area contributed by atoms with Crippen molar-refractivity contribution in [2.75, 3.05) is 6.54 Å². The highest BCUT2D eigenvalue weighted by atomic mass is 16.4. The Kier molecular flexibility index (Phi) is 4.93. The fourth-order valence-corrected chi connectivity index (χ4v) is 2.87. The van der Waals surface area contributed by atoms with Crippen molar-refractivity contribution in [1.29, 1.82) is 0 Å². The Morgan fingerprint density at radius 1 is 1.48 bits per heavy atom. The van der Waals surface area contributed by atoms with Crippen LogP contribution in [0.4, 0.5) is 4.79 Å². The lowest BCUT2D eigenvalue weighted by atomic mass is 9.87. The van der Waals surface area contributed by atoms with Gasteiger partial charge >= 0.3 is 6.03 Å². The van der Waals surface area contributed by atoms with Gasteiger partial charge in [-0.3, -0.25) is 0 Å². The molecule has 0 radical (unpaired) electrons. The predicted molar refractivity (Wildman–Crippen MR) is 81.0 cm³/mol. The van der Waals surface area contributed by atoms with Crippen LogP contribution in [-0.2, 0) is 5.60 Å². The third-order valence-corrected chi connectivity index (χ3v) is 4.14. The second-order valence-corrected chi connectivity index (χ2v) is 6.48. The van der Waals surface area contributed by atoms with Gasteiger partial charge < -0.3 is 20.2 Å². The lowest BCUT2D eigenvalue weighted by Crippen LogP contribution is -2.47. The minimum Gasteiger partial charge on any atom is -0.463 e. The van der Waals surface area contributed by atoms with Gasteiger partial charge in [0.05, 0.1) is 6.54 Å². The van der Waals surface area contributed by atoms with Gasteiger partial charge in [0.2, 0.25) is 0 Å². The fourth-order valence-electron chi connectivity index (χ4n) is 2.87. The Labute approximate surface area is 126 Å². The van der Waals surface area contributed by atoms with Gasteiger partial charge in [0.15, 0.2) is 0 Å². The fraction of sp³-hybridized carbons (Fsp3) is 0.688. The van der Waals surface area contributed by atoms with Crippen LogP contribution in [0.25, 0.3) is 0 Å². The van der Waals surface area contributed by atoms with E-state index in [1.54, 1.807) is 19.1 Å². The van der Waals surface area contributed by atoms with Crippen LogP contribution in [0.5, 0.6) is 0 Å². The highest BCUT2D eigenvalue weighted by Gasteiger charge is 2.28. The zero-order valence-corrected chi connectivity index (χ0v) is 13.1. The van der Waals surface area contributed by atoms with Gasteiger partial charge in [-0.25, -0.2) is 4.79 Å². The van der Waals surface area contributed by atoms with Crippen LogP contribution in [0.2, 0.25) is 0 Å². The van der Waals surface area contributed by atoms with Crippen molar-refractivity contribution < 1.29 is 14.3 Å². The molecule has 0 saturated heterocycles. The van der Waals surface area contributed by atoms with Crippen molar-refractivity contribution in [2.24, 2.45) is 5.92 Å². The van der Waals surface area contributed by atoms with Gasteiger partial charge in [0, 0.05) is 6.04 Å². The molecule has 3 unspecified atom stereocenters. The summed E-state index contributed by atoms with van der Waals surface area (Å²) in [5.41, 5.74) is -1.20. The SMILES string of the molecule is Cc1ccc(C(C)(O)CNC(=O)NC2CCCC(C)C2)o1. The van der Waals surface area contributed by atoms with Gasteiger partial charge in [0.1, 0.15) is 17.1 Å².